The van der Waals surface area contributed by atoms with E-state index in [-0.39, 0.29) is 48.7 Å². The molecule has 4 heterocycles. The number of ether oxygens (including phenoxy) is 3. The zero-order valence-electron chi connectivity index (χ0n) is 37.1. The molecule has 2 aromatic heterocycles. The first-order valence-electron chi connectivity index (χ1n) is 21.4. The van der Waals surface area contributed by atoms with Crippen LogP contribution in [0.15, 0.2) is 84.9 Å². The summed E-state index contributed by atoms with van der Waals surface area (Å²) in [6.45, 7) is 8.14. The number of alkyl halides is 6. The lowest BCUT2D eigenvalue weighted by Gasteiger charge is -2.34. The standard InChI is InChI=1S/C27H31F3N4O4.C20H19F3N4O.ClH/c1-26(2,3)38-25(35)34-13-7-8-18(15-34)31-24-20-10-6-5-9-19(20)23(32-33-24)21-12-11-17(27(28,29)30)14-22(21)37-16-36-4;21-20(22,23)12-7-8-16(17(28)10-12)18-14-5-1-2-6-15(14)19(27-26-18)25-13-4-3-9-24-11-13;/h5-6,9-12,14,18H,7-8,13,15-16H2,1-4H3,(H,31,33);1-2,5-8,10,13,24,28H,3-4,9,11H2,(H,25,27);1H/t18-;13-;/m11./s1. The molecule has 6 aromatic rings. The normalized spacial score (nSPS) is 16.7. The van der Waals surface area contributed by atoms with Crippen molar-refractivity contribution in [3.8, 4) is 34.0 Å². The van der Waals surface area contributed by atoms with E-state index in [4.69, 9.17) is 14.2 Å². The van der Waals surface area contributed by atoms with E-state index in [0.29, 0.717) is 58.5 Å². The molecule has 2 fully saturated rings. The topological polar surface area (TPSA) is 156 Å². The van der Waals surface area contributed by atoms with E-state index in [1.54, 1.807) is 4.90 Å². The van der Waals surface area contributed by atoms with Crippen molar-refractivity contribution in [2.24, 2.45) is 0 Å². The first-order chi connectivity index (χ1) is 31.4. The lowest BCUT2D eigenvalue weighted by atomic mass is 10.0. The predicted molar refractivity (Wildman–Crippen MR) is 245 cm³/mol. The molecule has 0 saturated carbocycles. The number of piperidine rings is 2. The van der Waals surface area contributed by atoms with Gasteiger partial charge in [-0.05, 0) is 89.4 Å². The van der Waals surface area contributed by atoms with Crippen molar-refractivity contribution in [3.63, 3.8) is 0 Å². The zero-order valence-corrected chi connectivity index (χ0v) is 37.9. The second-order valence-corrected chi connectivity index (χ2v) is 17.0. The number of fused-ring (bicyclic) bond motifs is 2. The number of halogens is 7. The maximum Gasteiger partial charge on any atom is 0.416 e. The first-order valence-corrected chi connectivity index (χ1v) is 21.4. The maximum absolute atomic E-state index is 13.4. The minimum atomic E-state index is -4.53. The fourth-order valence-corrected chi connectivity index (χ4v) is 7.81. The molecular formula is C47H51ClF6N8O5. The number of benzene rings is 4. The molecular weight excluding hydrogens is 906 g/mol. The van der Waals surface area contributed by atoms with E-state index in [1.807, 2.05) is 69.3 Å². The molecule has 358 valence electrons. The van der Waals surface area contributed by atoms with Gasteiger partial charge in [0.1, 0.15) is 28.5 Å². The molecule has 0 spiro atoms. The highest BCUT2D eigenvalue weighted by atomic mass is 35.5. The van der Waals surface area contributed by atoms with Gasteiger partial charge in [-0.2, -0.15) is 26.3 Å². The largest absolute Gasteiger partial charge is 0.507 e. The van der Waals surface area contributed by atoms with Gasteiger partial charge in [0, 0.05) is 71.5 Å². The maximum atomic E-state index is 13.4. The molecule has 0 bridgehead atoms. The second kappa shape index (κ2) is 21.2. The van der Waals surface area contributed by atoms with Gasteiger partial charge >= 0.3 is 18.4 Å². The molecule has 20 heteroatoms. The van der Waals surface area contributed by atoms with Crippen LogP contribution in [0.4, 0.5) is 42.8 Å². The van der Waals surface area contributed by atoms with Gasteiger partial charge in [0.2, 0.25) is 0 Å². The first kappa shape index (κ1) is 50.2. The van der Waals surface area contributed by atoms with Gasteiger partial charge in [0.25, 0.3) is 0 Å². The average Bonchev–Trinajstić information content (AvgIpc) is 3.28. The Hall–Kier alpha value is -6.18. The summed E-state index contributed by atoms with van der Waals surface area (Å²) >= 11 is 0. The number of hydrogen-bond donors (Lipinski definition) is 4. The van der Waals surface area contributed by atoms with Gasteiger partial charge in [-0.1, -0.05) is 48.5 Å². The summed E-state index contributed by atoms with van der Waals surface area (Å²) in [5, 5.41) is 40.5. The quantitative estimate of drug-likeness (QED) is 0.0805. The summed E-state index contributed by atoms with van der Waals surface area (Å²) in [5.74, 6) is 0.652. The molecule has 1 amide bonds. The predicted octanol–water partition coefficient (Wildman–Crippen LogP) is 10.7. The number of nitrogens with one attached hydrogen (secondary N) is 3. The van der Waals surface area contributed by atoms with Gasteiger partial charge in [-0.3, -0.25) is 0 Å². The molecule has 2 atom stereocenters. The molecule has 0 aliphatic carbocycles. The number of phenols is 1. The Bertz CT molecular complexity index is 2660. The summed E-state index contributed by atoms with van der Waals surface area (Å²) in [4.78, 5) is 14.3. The van der Waals surface area contributed by atoms with Crippen LogP contribution in [0, 0.1) is 0 Å². The van der Waals surface area contributed by atoms with Crippen LogP contribution in [0.2, 0.25) is 0 Å². The number of amides is 1. The molecule has 13 nitrogen and oxygen atoms in total. The van der Waals surface area contributed by atoms with Gasteiger partial charge in [-0.15, -0.1) is 32.8 Å². The number of nitrogens with zero attached hydrogens (tertiary/aromatic N) is 5. The number of phenolic OH excluding ortho intramolecular Hbond substituents is 1. The van der Waals surface area contributed by atoms with Crippen LogP contribution < -0.4 is 20.7 Å². The number of carbonyl (C=O) groups is 1. The number of rotatable bonds is 9. The molecule has 67 heavy (non-hydrogen) atoms. The molecule has 4 N–H and O–H groups in total. The van der Waals surface area contributed by atoms with Crippen LogP contribution in [0.25, 0.3) is 44.1 Å². The number of carbonyl (C=O) groups excluding carboxylic acids is 1. The van der Waals surface area contributed by atoms with Gasteiger partial charge < -0.3 is 40.2 Å². The third-order valence-corrected chi connectivity index (χ3v) is 10.9. The van der Waals surface area contributed by atoms with Gasteiger partial charge in [0.05, 0.1) is 11.1 Å². The lowest BCUT2D eigenvalue weighted by molar-refractivity contribution is -0.138. The van der Waals surface area contributed by atoms with Crippen LogP contribution >= 0.6 is 12.4 Å². The Morgan fingerprint density at radius 2 is 1.28 bits per heavy atom. The van der Waals surface area contributed by atoms with Crippen molar-refractivity contribution in [2.45, 2.75) is 76.5 Å². The van der Waals surface area contributed by atoms with Gasteiger partial charge in [0.15, 0.2) is 18.4 Å². The minimum Gasteiger partial charge on any atom is -0.507 e. The summed E-state index contributed by atoms with van der Waals surface area (Å²) in [5.41, 5.74) is -1.04. The highest BCUT2D eigenvalue weighted by molar-refractivity contribution is 6.02. The van der Waals surface area contributed by atoms with Crippen molar-refractivity contribution in [2.75, 3.05) is 50.7 Å². The molecule has 2 aliphatic heterocycles. The molecule has 2 aliphatic rings. The van der Waals surface area contributed by atoms with Crippen LogP contribution in [0.5, 0.6) is 11.5 Å². The van der Waals surface area contributed by atoms with Crippen LogP contribution in [0.3, 0.4) is 0 Å². The summed E-state index contributed by atoms with van der Waals surface area (Å²) < 4.78 is 94.6. The van der Waals surface area contributed by atoms with Crippen molar-refractivity contribution in [1.82, 2.24) is 30.6 Å². The third kappa shape index (κ3) is 12.4. The van der Waals surface area contributed by atoms with Gasteiger partial charge in [-0.25, -0.2) is 4.79 Å². The fraction of sp³-hybridized carbons (Fsp3) is 0.383. The summed E-state index contributed by atoms with van der Waals surface area (Å²) in [6, 6.07) is 21.0. The number of aromatic hydroxyl groups is 1. The molecule has 0 radical (unpaired) electrons. The number of hydrogen-bond acceptors (Lipinski definition) is 12. The molecule has 2 saturated heterocycles. The van der Waals surface area contributed by atoms with Crippen LogP contribution in [0.1, 0.15) is 57.6 Å². The minimum absolute atomic E-state index is 0. The second-order valence-electron chi connectivity index (χ2n) is 17.0. The van der Waals surface area contributed by atoms with Crippen molar-refractivity contribution < 1.29 is 50.5 Å². The average molecular weight is 957 g/mol. The Labute approximate surface area is 389 Å². The number of aromatic nitrogens is 4. The van der Waals surface area contributed by atoms with E-state index in [0.717, 1.165) is 67.7 Å². The van der Waals surface area contributed by atoms with E-state index < -0.39 is 34.8 Å². The fourth-order valence-electron chi connectivity index (χ4n) is 7.81. The monoisotopic (exact) mass is 956 g/mol. The SMILES string of the molecule is COCOc1cc(C(F)(F)F)ccc1-c1nnc(N[C@@H]2CCCN(C(=O)OC(C)(C)C)C2)c2ccccc12.Cl.Oc1cc(C(F)(F)F)ccc1-c1nnc(N[C@@H]2CCCNC2)c2ccccc12. The number of anilines is 2. The molecule has 4 aromatic carbocycles. The smallest absolute Gasteiger partial charge is 0.416 e. The van der Waals surface area contributed by atoms with Crippen molar-refractivity contribution in [3.05, 3.63) is 96.1 Å². The van der Waals surface area contributed by atoms with Crippen molar-refractivity contribution in [1.29, 1.82) is 0 Å². The van der Waals surface area contributed by atoms with E-state index in [1.165, 1.54) is 19.2 Å². The van der Waals surface area contributed by atoms with Crippen LogP contribution in [-0.4, -0.2) is 94.3 Å². The number of methoxy groups -OCH3 is 1. The number of likely N-dealkylation sites (tertiary alicyclic amines) is 1. The summed E-state index contributed by atoms with van der Waals surface area (Å²) in [6.07, 6.45) is -5.70. The van der Waals surface area contributed by atoms with Crippen molar-refractivity contribution >= 4 is 51.7 Å². The van der Waals surface area contributed by atoms with E-state index in [9.17, 15) is 36.2 Å². The highest BCUT2D eigenvalue weighted by Crippen LogP contribution is 2.41. The Balaban J connectivity index is 0.000000227. The Morgan fingerprint density at radius 1 is 0.746 bits per heavy atom. The zero-order chi connectivity index (χ0) is 47.2. The Morgan fingerprint density at radius 3 is 1.82 bits per heavy atom. The Kier molecular flexibility index (Phi) is 15.9. The molecule has 0 unspecified atom stereocenters. The van der Waals surface area contributed by atoms with E-state index in [2.05, 4.69) is 36.3 Å². The van der Waals surface area contributed by atoms with E-state index >= 15 is 0 Å². The van der Waals surface area contributed by atoms with Crippen LogP contribution in [-0.2, 0) is 21.8 Å². The summed E-state index contributed by atoms with van der Waals surface area (Å²) in [7, 11) is 1.39. The third-order valence-electron chi connectivity index (χ3n) is 10.9. The highest BCUT2D eigenvalue weighted by Gasteiger charge is 2.33. The molecule has 8 rings (SSSR count). The lowest BCUT2D eigenvalue weighted by Crippen LogP contribution is -2.47.